The van der Waals surface area contributed by atoms with E-state index in [1.165, 1.54) is 6.07 Å². The smallest absolute Gasteiger partial charge is 0.137 e. The van der Waals surface area contributed by atoms with Gasteiger partial charge < -0.3 is 0 Å². The normalized spacial score (nSPS) is 11.0. The summed E-state index contributed by atoms with van der Waals surface area (Å²) in [7, 11) is 0. The summed E-state index contributed by atoms with van der Waals surface area (Å²) in [5.41, 5.74) is 0.995. The second-order valence-electron chi connectivity index (χ2n) is 2.59. The molecular formula is C10H10BrFS. The molecule has 0 aliphatic rings. The minimum absolute atomic E-state index is 0.230. The highest BCUT2D eigenvalue weighted by molar-refractivity contribution is 9.10. The van der Waals surface area contributed by atoms with Crippen LogP contribution >= 0.6 is 28.6 Å². The fourth-order valence-electron chi connectivity index (χ4n) is 0.910. The monoisotopic (exact) mass is 260 g/mol. The predicted molar refractivity (Wildman–Crippen MR) is 61.6 cm³/mol. The molecule has 0 amide bonds. The summed E-state index contributed by atoms with van der Waals surface area (Å²) in [4.78, 5) is 0. The summed E-state index contributed by atoms with van der Waals surface area (Å²) in [6.45, 7) is 0. The zero-order valence-electron chi connectivity index (χ0n) is 7.00. The number of hydrogen-bond acceptors (Lipinski definition) is 1. The average Bonchev–Trinajstić information content (AvgIpc) is 2.12. The van der Waals surface area contributed by atoms with Gasteiger partial charge in [0.05, 0.1) is 4.47 Å². The third-order valence-electron chi connectivity index (χ3n) is 1.55. The Hall–Kier alpha value is -0.280. The van der Waals surface area contributed by atoms with Crippen molar-refractivity contribution >= 4 is 34.6 Å². The van der Waals surface area contributed by atoms with Crippen LogP contribution in [0.1, 0.15) is 12.0 Å². The molecular weight excluding hydrogens is 251 g/mol. The summed E-state index contributed by atoms with van der Waals surface area (Å²) >= 11 is 7.21. The van der Waals surface area contributed by atoms with Crippen LogP contribution in [0.2, 0.25) is 0 Å². The number of thiol groups is 1. The van der Waals surface area contributed by atoms with Crippen LogP contribution in [0.4, 0.5) is 4.39 Å². The van der Waals surface area contributed by atoms with Crippen LogP contribution in [-0.2, 0) is 0 Å². The molecule has 0 saturated heterocycles. The Morgan fingerprint density at radius 3 is 2.85 bits per heavy atom. The van der Waals surface area contributed by atoms with E-state index in [2.05, 4.69) is 28.6 Å². The molecule has 0 saturated carbocycles. The van der Waals surface area contributed by atoms with Crippen molar-refractivity contribution in [1.82, 2.24) is 0 Å². The Kier molecular flexibility index (Phi) is 4.53. The first-order valence-corrected chi connectivity index (χ1v) is 5.39. The first kappa shape index (κ1) is 10.8. The molecule has 0 nitrogen and oxygen atoms in total. The van der Waals surface area contributed by atoms with Gasteiger partial charge in [-0.15, -0.1) is 0 Å². The zero-order valence-corrected chi connectivity index (χ0v) is 9.48. The molecule has 0 aliphatic carbocycles. The first-order chi connectivity index (χ1) is 6.24. The van der Waals surface area contributed by atoms with Crippen molar-refractivity contribution in [3.63, 3.8) is 0 Å². The molecule has 1 rings (SSSR count). The lowest BCUT2D eigenvalue weighted by atomic mass is 10.2. The summed E-state index contributed by atoms with van der Waals surface area (Å²) in [6.07, 6.45) is 4.91. The molecule has 1 aromatic rings. The second kappa shape index (κ2) is 5.45. The molecule has 0 unspecified atom stereocenters. The molecule has 0 aromatic heterocycles. The number of allylic oxidation sites excluding steroid dienone is 1. The fraction of sp³-hybridized carbons (Fsp3) is 0.200. The van der Waals surface area contributed by atoms with Gasteiger partial charge in [0.2, 0.25) is 0 Å². The Labute approximate surface area is 91.4 Å². The molecule has 13 heavy (non-hydrogen) atoms. The highest BCUT2D eigenvalue weighted by Crippen LogP contribution is 2.17. The van der Waals surface area contributed by atoms with Crippen LogP contribution in [0.15, 0.2) is 28.7 Å². The molecule has 3 heteroatoms. The molecule has 0 spiro atoms. The zero-order chi connectivity index (χ0) is 9.68. The molecule has 0 radical (unpaired) electrons. The van der Waals surface area contributed by atoms with Crippen LogP contribution in [0, 0.1) is 5.82 Å². The van der Waals surface area contributed by atoms with Gasteiger partial charge in [-0.3, -0.25) is 0 Å². The Balaban J connectivity index is 2.73. The van der Waals surface area contributed by atoms with E-state index in [0.717, 1.165) is 17.7 Å². The van der Waals surface area contributed by atoms with Gasteiger partial charge in [0.15, 0.2) is 0 Å². The van der Waals surface area contributed by atoms with Gasteiger partial charge in [-0.05, 0) is 45.8 Å². The van der Waals surface area contributed by atoms with E-state index in [9.17, 15) is 4.39 Å². The van der Waals surface area contributed by atoms with E-state index in [1.54, 1.807) is 12.1 Å². The largest absolute Gasteiger partial charge is 0.206 e. The maximum Gasteiger partial charge on any atom is 0.137 e. The highest BCUT2D eigenvalue weighted by atomic mass is 79.9. The number of rotatable bonds is 3. The lowest BCUT2D eigenvalue weighted by Crippen LogP contribution is -1.78. The van der Waals surface area contributed by atoms with Crippen LogP contribution < -0.4 is 0 Å². The first-order valence-electron chi connectivity index (χ1n) is 3.96. The number of halogens is 2. The Morgan fingerprint density at radius 2 is 2.23 bits per heavy atom. The molecule has 0 aliphatic heterocycles. The standard InChI is InChI=1S/C10H10BrFS/c11-9-7-8(3-1-2-6-13)4-5-10(9)12/h1,3-5,7,13H,2,6H2. The fourth-order valence-corrected chi connectivity index (χ4v) is 1.46. The topological polar surface area (TPSA) is 0 Å². The minimum Gasteiger partial charge on any atom is -0.206 e. The maximum atomic E-state index is 12.8. The van der Waals surface area contributed by atoms with Crippen LogP contribution in [-0.4, -0.2) is 5.75 Å². The van der Waals surface area contributed by atoms with Gasteiger partial charge in [-0.1, -0.05) is 18.2 Å². The summed E-state index contributed by atoms with van der Waals surface area (Å²) in [5.74, 6) is 0.602. The molecule has 0 bridgehead atoms. The molecule has 0 atom stereocenters. The third-order valence-corrected chi connectivity index (χ3v) is 2.42. The third kappa shape index (κ3) is 3.53. The van der Waals surface area contributed by atoms with Gasteiger partial charge in [0.25, 0.3) is 0 Å². The minimum atomic E-state index is -0.230. The quantitative estimate of drug-likeness (QED) is 0.783. The summed E-state index contributed by atoms with van der Waals surface area (Å²) in [6, 6.07) is 4.95. The maximum absolute atomic E-state index is 12.8. The average molecular weight is 261 g/mol. The molecule has 0 heterocycles. The van der Waals surface area contributed by atoms with Gasteiger partial charge in [-0.25, -0.2) is 4.39 Å². The molecule has 1 aromatic carbocycles. The molecule has 70 valence electrons. The van der Waals surface area contributed by atoms with E-state index < -0.39 is 0 Å². The van der Waals surface area contributed by atoms with Gasteiger partial charge in [0, 0.05) is 0 Å². The molecule has 0 N–H and O–H groups in total. The van der Waals surface area contributed by atoms with Crippen LogP contribution in [0.25, 0.3) is 6.08 Å². The van der Waals surface area contributed by atoms with Crippen molar-refractivity contribution in [3.05, 3.63) is 40.1 Å². The van der Waals surface area contributed by atoms with Crippen molar-refractivity contribution in [2.45, 2.75) is 6.42 Å². The summed E-state index contributed by atoms with van der Waals surface area (Å²) < 4.78 is 13.3. The van der Waals surface area contributed by atoms with Crippen molar-refractivity contribution in [3.8, 4) is 0 Å². The Morgan fingerprint density at radius 1 is 1.46 bits per heavy atom. The van der Waals surface area contributed by atoms with Gasteiger partial charge in [0.1, 0.15) is 5.82 Å². The van der Waals surface area contributed by atoms with Crippen molar-refractivity contribution in [1.29, 1.82) is 0 Å². The van der Waals surface area contributed by atoms with E-state index in [1.807, 2.05) is 12.2 Å². The van der Waals surface area contributed by atoms with E-state index in [0.29, 0.717) is 4.47 Å². The van der Waals surface area contributed by atoms with E-state index >= 15 is 0 Å². The second-order valence-corrected chi connectivity index (χ2v) is 3.89. The lowest BCUT2D eigenvalue weighted by Gasteiger charge is -1.96. The predicted octanol–water partition coefficient (Wildman–Crippen LogP) is 3.92. The highest BCUT2D eigenvalue weighted by Gasteiger charge is 1.96. The van der Waals surface area contributed by atoms with E-state index in [4.69, 9.17) is 0 Å². The lowest BCUT2D eigenvalue weighted by molar-refractivity contribution is 0.621. The van der Waals surface area contributed by atoms with Crippen LogP contribution in [0.3, 0.4) is 0 Å². The van der Waals surface area contributed by atoms with E-state index in [-0.39, 0.29) is 5.82 Å². The SMILES string of the molecule is Fc1ccc(C=CCCS)cc1Br. The van der Waals surface area contributed by atoms with Gasteiger partial charge in [-0.2, -0.15) is 12.6 Å². The number of hydrogen-bond donors (Lipinski definition) is 1. The van der Waals surface area contributed by atoms with Crippen molar-refractivity contribution < 1.29 is 4.39 Å². The summed E-state index contributed by atoms with van der Waals surface area (Å²) in [5, 5.41) is 0. The van der Waals surface area contributed by atoms with Crippen molar-refractivity contribution in [2.75, 3.05) is 5.75 Å². The van der Waals surface area contributed by atoms with Crippen molar-refractivity contribution in [2.24, 2.45) is 0 Å². The Bertz CT molecular complexity index is 310. The van der Waals surface area contributed by atoms with Gasteiger partial charge >= 0.3 is 0 Å². The number of benzene rings is 1. The molecule has 0 fully saturated rings. The van der Waals surface area contributed by atoms with Crippen LogP contribution in [0.5, 0.6) is 0 Å².